The first-order valence-electron chi connectivity index (χ1n) is 6.38. The van der Waals surface area contributed by atoms with Crippen molar-refractivity contribution >= 4 is 0 Å². The van der Waals surface area contributed by atoms with Crippen molar-refractivity contribution < 1.29 is 4.48 Å². The minimum atomic E-state index is 0.544. The van der Waals surface area contributed by atoms with Gasteiger partial charge < -0.3 is 4.48 Å². The van der Waals surface area contributed by atoms with Gasteiger partial charge in [-0.05, 0) is 52.4 Å². The van der Waals surface area contributed by atoms with Crippen molar-refractivity contribution in [2.45, 2.75) is 25.9 Å². The van der Waals surface area contributed by atoms with Gasteiger partial charge in [0.15, 0.2) is 0 Å². The van der Waals surface area contributed by atoms with Gasteiger partial charge in [0.2, 0.25) is 0 Å². The second-order valence-corrected chi connectivity index (χ2v) is 5.77. The molecule has 1 aliphatic heterocycles. The summed E-state index contributed by atoms with van der Waals surface area (Å²) in [6.07, 6.45) is 13.5. The maximum Gasteiger partial charge on any atom is 0.0933 e. The number of hydrogen-bond acceptors (Lipinski definition) is 0. The molecule has 2 aliphatic carbocycles. The molecular formula is C16H20N+. The number of rotatable bonds is 0. The zero-order chi connectivity index (χ0) is 12.2. The van der Waals surface area contributed by atoms with Gasteiger partial charge in [0.25, 0.3) is 0 Å². The molecule has 88 valence electrons. The largest absolute Gasteiger partial charge is 0.323 e. The van der Waals surface area contributed by atoms with E-state index in [0.717, 1.165) is 4.48 Å². The number of fused-ring (bicyclic) bond motifs is 3. The van der Waals surface area contributed by atoms with Gasteiger partial charge in [0.05, 0.1) is 26.2 Å². The molecule has 1 nitrogen and oxygen atoms in total. The van der Waals surface area contributed by atoms with Crippen LogP contribution in [-0.4, -0.2) is 30.7 Å². The maximum atomic E-state index is 2.35. The van der Waals surface area contributed by atoms with Gasteiger partial charge in [-0.15, -0.1) is 0 Å². The van der Waals surface area contributed by atoms with E-state index in [1.165, 1.54) is 23.7 Å². The fraction of sp³-hybridized carbons (Fsp3) is 0.375. The van der Waals surface area contributed by atoms with E-state index in [0.29, 0.717) is 12.1 Å². The molecule has 3 aliphatic rings. The van der Waals surface area contributed by atoms with Crippen molar-refractivity contribution in [2.24, 2.45) is 0 Å². The van der Waals surface area contributed by atoms with Gasteiger partial charge >= 0.3 is 0 Å². The van der Waals surface area contributed by atoms with Crippen LogP contribution >= 0.6 is 0 Å². The molecule has 10 radical (unpaired) electrons. The molecular weight excluding hydrogens is 206 g/mol. The predicted octanol–water partition coefficient (Wildman–Crippen LogP) is 2.40. The first-order valence-corrected chi connectivity index (χ1v) is 6.38. The lowest BCUT2D eigenvalue weighted by molar-refractivity contribution is -0.927. The summed E-state index contributed by atoms with van der Waals surface area (Å²) in [6.45, 7) is 4.70. The van der Waals surface area contributed by atoms with Crippen LogP contribution in [0.5, 0.6) is 0 Å². The third kappa shape index (κ3) is 1.61. The Labute approximate surface area is 107 Å². The van der Waals surface area contributed by atoms with Crippen molar-refractivity contribution in [2.75, 3.05) is 14.1 Å². The van der Waals surface area contributed by atoms with Crippen LogP contribution < -0.4 is 0 Å². The highest BCUT2D eigenvalue weighted by Crippen LogP contribution is 2.56. The molecule has 0 spiro atoms. The van der Waals surface area contributed by atoms with Gasteiger partial charge in [0, 0.05) is 23.7 Å². The fourth-order valence-electron chi connectivity index (χ4n) is 3.14. The summed E-state index contributed by atoms with van der Waals surface area (Å²) in [7, 11) is 4.68. The third-order valence-electron chi connectivity index (χ3n) is 4.89. The molecule has 1 saturated heterocycles. The van der Waals surface area contributed by atoms with E-state index < -0.39 is 0 Å². The molecule has 0 aromatic carbocycles. The molecule has 0 aromatic rings. The van der Waals surface area contributed by atoms with Crippen molar-refractivity contribution in [1.29, 1.82) is 0 Å². The van der Waals surface area contributed by atoms with Crippen LogP contribution in [-0.2, 0) is 0 Å². The first-order chi connectivity index (χ1) is 8.03. The van der Waals surface area contributed by atoms with Crippen molar-refractivity contribution in [3.63, 3.8) is 0 Å². The summed E-state index contributed by atoms with van der Waals surface area (Å²) < 4.78 is 1.02. The second kappa shape index (κ2) is 3.98. The molecule has 0 amide bonds. The molecule has 0 bridgehead atoms. The summed E-state index contributed by atoms with van der Waals surface area (Å²) >= 11 is 0. The van der Waals surface area contributed by atoms with Crippen LogP contribution in [0.25, 0.3) is 0 Å². The predicted molar refractivity (Wildman–Crippen MR) is 69.8 cm³/mol. The van der Waals surface area contributed by atoms with E-state index in [9.17, 15) is 0 Å². The van der Waals surface area contributed by atoms with Gasteiger partial charge in [0.1, 0.15) is 0 Å². The third-order valence-corrected chi connectivity index (χ3v) is 4.89. The van der Waals surface area contributed by atoms with Crippen molar-refractivity contribution in [1.82, 2.24) is 0 Å². The van der Waals surface area contributed by atoms with Crippen LogP contribution in [0.1, 0.15) is 13.8 Å². The van der Waals surface area contributed by atoms with E-state index >= 15 is 0 Å². The topological polar surface area (TPSA) is 0 Å². The molecule has 0 unspecified atom stereocenters. The lowest BCUT2D eigenvalue weighted by Gasteiger charge is -2.43. The maximum absolute atomic E-state index is 2.35. The Morgan fingerprint density at radius 1 is 0.765 bits per heavy atom. The highest BCUT2D eigenvalue weighted by molar-refractivity contribution is 5.65. The summed E-state index contributed by atoms with van der Waals surface area (Å²) in [5.74, 6) is 5.86. The minimum Gasteiger partial charge on any atom is -0.323 e. The Bertz CT molecular complexity index is 254. The fourth-order valence-corrected chi connectivity index (χ4v) is 3.14. The molecule has 2 saturated carbocycles. The standard InChI is InChI=1S/C16H20N/c1-11-13-7-5-9-15(13)16-10-6-8-14(16)12(2)17(11,3)4/h5-12H,1-4H3/q+1/t11-,12-/m1/s1. The van der Waals surface area contributed by atoms with Gasteiger partial charge in [-0.2, -0.15) is 0 Å². The normalized spacial score (nSPS) is 40.2. The Balaban J connectivity index is 1.99. The first kappa shape index (κ1) is 12.0. The molecule has 0 N–H and O–H groups in total. The molecule has 1 heterocycles. The monoisotopic (exact) mass is 226 g/mol. The molecule has 0 aromatic heterocycles. The molecule has 17 heavy (non-hydrogen) atoms. The Morgan fingerprint density at radius 2 is 1.18 bits per heavy atom. The summed E-state index contributed by atoms with van der Waals surface area (Å²) in [5.41, 5.74) is 0. The molecule has 3 rings (SSSR count). The number of nitrogens with zero attached hydrogens (tertiary/aromatic N) is 1. The Kier molecular flexibility index (Phi) is 2.81. The molecule has 2 atom stereocenters. The number of hydrogen-bond donors (Lipinski definition) is 0. The minimum absolute atomic E-state index is 0.544. The highest BCUT2D eigenvalue weighted by atomic mass is 15.4. The molecule has 1 heteroatoms. The molecule has 3 fully saturated rings. The van der Waals surface area contributed by atoms with Crippen LogP contribution in [0, 0.1) is 62.2 Å². The van der Waals surface area contributed by atoms with Gasteiger partial charge in [-0.1, -0.05) is 0 Å². The van der Waals surface area contributed by atoms with E-state index in [1.807, 2.05) is 0 Å². The van der Waals surface area contributed by atoms with E-state index in [-0.39, 0.29) is 0 Å². The number of likely N-dealkylation sites (tertiary alicyclic amines) is 1. The van der Waals surface area contributed by atoms with Crippen LogP contribution in [0.15, 0.2) is 0 Å². The highest BCUT2D eigenvalue weighted by Gasteiger charge is 2.55. The van der Waals surface area contributed by atoms with Crippen molar-refractivity contribution in [3.05, 3.63) is 62.2 Å². The zero-order valence-corrected chi connectivity index (χ0v) is 11.1. The zero-order valence-electron chi connectivity index (χ0n) is 11.1. The van der Waals surface area contributed by atoms with E-state index in [1.54, 1.807) is 0 Å². The average molecular weight is 226 g/mol. The van der Waals surface area contributed by atoms with E-state index in [2.05, 4.69) is 66.5 Å². The van der Waals surface area contributed by atoms with E-state index in [4.69, 9.17) is 0 Å². The summed E-state index contributed by atoms with van der Waals surface area (Å²) in [6, 6.07) is 1.09. The van der Waals surface area contributed by atoms with Crippen LogP contribution in [0.3, 0.4) is 0 Å². The summed E-state index contributed by atoms with van der Waals surface area (Å²) in [5, 5.41) is 0. The second-order valence-electron chi connectivity index (χ2n) is 5.77. The number of quaternary nitrogens is 1. The van der Waals surface area contributed by atoms with Crippen LogP contribution in [0.2, 0.25) is 0 Å². The van der Waals surface area contributed by atoms with Crippen LogP contribution in [0.4, 0.5) is 0 Å². The average Bonchev–Trinajstić information content (AvgIpc) is 2.92. The lowest BCUT2D eigenvalue weighted by atomic mass is 9.76. The SMILES string of the molecule is C[C@@H]1[C]2[CH][CH][CH][C]2[C]2[CH][CH][CH][C]2[C@@H](C)[N+]1(C)C. The van der Waals surface area contributed by atoms with Crippen molar-refractivity contribution in [3.8, 4) is 0 Å². The van der Waals surface area contributed by atoms with Gasteiger partial charge in [-0.3, -0.25) is 0 Å². The Hall–Kier alpha value is -0.0400. The smallest absolute Gasteiger partial charge is 0.0933 e. The quantitative estimate of drug-likeness (QED) is 0.556. The van der Waals surface area contributed by atoms with Gasteiger partial charge in [-0.25, -0.2) is 0 Å². The lowest BCUT2D eigenvalue weighted by Crippen LogP contribution is -2.56. The Morgan fingerprint density at radius 3 is 1.59 bits per heavy atom. The summed E-state index contributed by atoms with van der Waals surface area (Å²) in [4.78, 5) is 0.